The number of hydrogen-bond acceptors (Lipinski definition) is 7. The Kier molecular flexibility index (Phi) is 5.73. The molecular weight excluding hydrogens is 350 g/mol. The monoisotopic (exact) mass is 367 g/mol. The minimum Gasteiger partial charge on any atom is -0.490 e. The maximum atomic E-state index is 12.1. The van der Waals surface area contributed by atoms with Gasteiger partial charge in [-0.3, -0.25) is 14.3 Å². The van der Waals surface area contributed by atoms with Crippen molar-refractivity contribution in [1.29, 1.82) is 0 Å². The van der Waals surface area contributed by atoms with Crippen LogP contribution in [-0.2, 0) is 14.3 Å². The predicted molar refractivity (Wildman–Crippen MR) is 88.9 cm³/mol. The number of nitrogens with zero attached hydrogens (tertiary/aromatic N) is 1. The normalized spacial score (nSPS) is 12.6. The summed E-state index contributed by atoms with van der Waals surface area (Å²) in [5, 5.41) is 21.1. The highest BCUT2D eigenvalue weighted by Gasteiger charge is 2.21. The van der Waals surface area contributed by atoms with E-state index in [1.54, 1.807) is 12.1 Å². The van der Waals surface area contributed by atoms with Crippen LogP contribution < -0.4 is 4.74 Å². The highest BCUT2D eigenvalue weighted by molar-refractivity contribution is 7.86. The Hall–Kier alpha value is -2.49. The Morgan fingerprint density at radius 2 is 1.84 bits per heavy atom. The van der Waals surface area contributed by atoms with Gasteiger partial charge in [-0.05, 0) is 30.7 Å². The predicted octanol–water partition coefficient (Wildman–Crippen LogP) is 2.35. The van der Waals surface area contributed by atoms with Gasteiger partial charge >= 0.3 is 5.69 Å². The molecule has 0 aliphatic rings. The van der Waals surface area contributed by atoms with Gasteiger partial charge in [-0.15, -0.1) is 0 Å². The molecule has 25 heavy (non-hydrogen) atoms. The number of methoxy groups -OCH3 is 1. The fraction of sp³-hybridized carbons (Fsp3) is 0.250. The first kappa shape index (κ1) is 18.8. The van der Waals surface area contributed by atoms with Crippen LogP contribution in [0.2, 0.25) is 0 Å². The lowest BCUT2D eigenvalue weighted by Gasteiger charge is -2.12. The van der Waals surface area contributed by atoms with E-state index in [0.717, 1.165) is 11.6 Å². The van der Waals surface area contributed by atoms with Gasteiger partial charge in [0, 0.05) is 6.07 Å². The maximum absolute atomic E-state index is 12.1. The van der Waals surface area contributed by atoms with Crippen LogP contribution in [0.15, 0.2) is 47.4 Å². The van der Waals surface area contributed by atoms with E-state index in [0.29, 0.717) is 0 Å². The van der Waals surface area contributed by atoms with Crippen LogP contribution in [0, 0.1) is 17.0 Å². The molecule has 0 heterocycles. The van der Waals surface area contributed by atoms with E-state index in [1.165, 1.54) is 31.4 Å². The first-order chi connectivity index (χ1) is 11.7. The molecule has 134 valence electrons. The van der Waals surface area contributed by atoms with Crippen molar-refractivity contribution in [3.05, 3.63) is 63.7 Å². The van der Waals surface area contributed by atoms with Gasteiger partial charge in [0.2, 0.25) is 0 Å². The fourth-order valence-corrected chi connectivity index (χ4v) is 2.99. The van der Waals surface area contributed by atoms with E-state index in [1.807, 2.05) is 6.92 Å². The molecule has 0 aliphatic heterocycles. The molecular formula is C16H17NO7S. The molecule has 8 nitrogen and oxygen atoms in total. The number of aryl methyl sites for hydroxylation is 1. The number of aliphatic hydroxyl groups is 1. The van der Waals surface area contributed by atoms with Gasteiger partial charge in [-0.1, -0.05) is 23.8 Å². The number of nitro benzene ring substituents is 1. The minimum absolute atomic E-state index is 0.0361. The van der Waals surface area contributed by atoms with E-state index < -0.39 is 27.8 Å². The van der Waals surface area contributed by atoms with E-state index in [9.17, 15) is 23.6 Å². The first-order valence-corrected chi connectivity index (χ1v) is 8.62. The average molecular weight is 367 g/mol. The van der Waals surface area contributed by atoms with Gasteiger partial charge in [0.15, 0.2) is 5.75 Å². The summed E-state index contributed by atoms with van der Waals surface area (Å²) in [6, 6.07) is 9.89. The number of benzene rings is 2. The Morgan fingerprint density at radius 3 is 2.40 bits per heavy atom. The lowest BCUT2D eigenvalue weighted by atomic mass is 10.1. The van der Waals surface area contributed by atoms with E-state index in [-0.39, 0.29) is 21.9 Å². The zero-order valence-corrected chi connectivity index (χ0v) is 14.4. The highest BCUT2D eigenvalue weighted by Crippen LogP contribution is 2.30. The van der Waals surface area contributed by atoms with Crippen molar-refractivity contribution in [2.24, 2.45) is 0 Å². The second-order valence-electron chi connectivity index (χ2n) is 5.26. The third-order valence-corrected chi connectivity index (χ3v) is 4.77. The molecule has 0 spiro atoms. The Balaban J connectivity index is 2.14. The third-order valence-electron chi connectivity index (χ3n) is 3.48. The summed E-state index contributed by atoms with van der Waals surface area (Å²) >= 11 is 0. The van der Waals surface area contributed by atoms with Gasteiger partial charge < -0.3 is 9.84 Å². The molecule has 0 aromatic heterocycles. The van der Waals surface area contributed by atoms with Crippen molar-refractivity contribution in [2.45, 2.75) is 17.9 Å². The topological polar surface area (TPSA) is 116 Å². The van der Waals surface area contributed by atoms with Crippen LogP contribution >= 0.6 is 0 Å². The molecule has 1 atom stereocenters. The zero-order chi connectivity index (χ0) is 18.6. The molecule has 0 bridgehead atoms. The van der Waals surface area contributed by atoms with Crippen LogP contribution in [0.3, 0.4) is 0 Å². The summed E-state index contributed by atoms with van der Waals surface area (Å²) in [4.78, 5) is 10.3. The summed E-state index contributed by atoms with van der Waals surface area (Å²) in [5.74, 6) is 0.0362. The quantitative estimate of drug-likeness (QED) is 0.453. The largest absolute Gasteiger partial charge is 0.490 e. The molecule has 0 aliphatic carbocycles. The molecule has 0 fully saturated rings. The fourth-order valence-electron chi connectivity index (χ4n) is 2.08. The van der Waals surface area contributed by atoms with Crippen molar-refractivity contribution in [3.8, 4) is 5.75 Å². The van der Waals surface area contributed by atoms with Crippen molar-refractivity contribution in [3.63, 3.8) is 0 Å². The van der Waals surface area contributed by atoms with Crippen molar-refractivity contribution >= 4 is 15.8 Å². The van der Waals surface area contributed by atoms with Gasteiger partial charge in [0.05, 0.1) is 23.5 Å². The molecule has 1 N–H and O–H groups in total. The summed E-state index contributed by atoms with van der Waals surface area (Å²) < 4.78 is 33.9. The van der Waals surface area contributed by atoms with Crippen LogP contribution in [-0.4, -0.2) is 32.2 Å². The van der Waals surface area contributed by atoms with E-state index in [2.05, 4.69) is 0 Å². The number of aliphatic hydroxyl groups excluding tert-OH is 1. The smallest absolute Gasteiger partial charge is 0.311 e. The van der Waals surface area contributed by atoms with Gasteiger partial charge in [-0.25, -0.2) is 0 Å². The highest BCUT2D eigenvalue weighted by atomic mass is 32.2. The second-order valence-corrected chi connectivity index (χ2v) is 6.87. The Bertz CT molecular complexity index is 863. The van der Waals surface area contributed by atoms with Gasteiger partial charge in [-0.2, -0.15) is 8.42 Å². The molecule has 2 aromatic carbocycles. The SMILES string of the molecule is COc1ccc(C(O)COS(=O)(=O)c2ccc(C)cc2)cc1[N+](=O)[O-]. The molecule has 0 amide bonds. The Labute approximate surface area is 144 Å². The summed E-state index contributed by atoms with van der Waals surface area (Å²) in [5.41, 5.74) is 0.705. The summed E-state index contributed by atoms with van der Waals surface area (Å²) in [6.45, 7) is 1.25. The van der Waals surface area contributed by atoms with Crippen LogP contribution in [0.25, 0.3) is 0 Å². The standard InChI is InChI=1S/C16H17NO7S/c1-11-3-6-13(7-4-11)25(21,22)24-10-15(18)12-5-8-16(23-2)14(9-12)17(19)20/h3-9,15,18H,10H2,1-2H3. The molecule has 2 aromatic rings. The molecule has 0 radical (unpaired) electrons. The van der Waals surface area contributed by atoms with Crippen molar-refractivity contribution < 1.29 is 27.4 Å². The third kappa shape index (κ3) is 4.53. The average Bonchev–Trinajstić information content (AvgIpc) is 2.59. The number of ether oxygens (including phenoxy) is 1. The first-order valence-electron chi connectivity index (χ1n) is 7.21. The Morgan fingerprint density at radius 1 is 1.20 bits per heavy atom. The number of rotatable bonds is 7. The molecule has 2 rings (SSSR count). The minimum atomic E-state index is -4.04. The second kappa shape index (κ2) is 7.60. The van der Waals surface area contributed by atoms with Crippen LogP contribution in [0.1, 0.15) is 17.2 Å². The van der Waals surface area contributed by atoms with Crippen molar-refractivity contribution in [2.75, 3.05) is 13.7 Å². The molecule has 9 heteroatoms. The van der Waals surface area contributed by atoms with Crippen LogP contribution in [0.4, 0.5) is 5.69 Å². The van der Waals surface area contributed by atoms with Gasteiger partial charge in [0.1, 0.15) is 6.10 Å². The summed E-state index contributed by atoms with van der Waals surface area (Å²) in [7, 11) is -2.75. The zero-order valence-electron chi connectivity index (χ0n) is 13.6. The number of nitro groups is 1. The van der Waals surface area contributed by atoms with E-state index >= 15 is 0 Å². The van der Waals surface area contributed by atoms with Crippen molar-refractivity contribution in [1.82, 2.24) is 0 Å². The molecule has 0 saturated heterocycles. The van der Waals surface area contributed by atoms with Gasteiger partial charge in [0.25, 0.3) is 10.1 Å². The van der Waals surface area contributed by atoms with Crippen LogP contribution in [0.5, 0.6) is 5.75 Å². The lowest BCUT2D eigenvalue weighted by Crippen LogP contribution is -2.13. The lowest BCUT2D eigenvalue weighted by molar-refractivity contribution is -0.385. The number of hydrogen-bond donors (Lipinski definition) is 1. The van der Waals surface area contributed by atoms with E-state index in [4.69, 9.17) is 8.92 Å². The maximum Gasteiger partial charge on any atom is 0.311 e. The molecule has 1 unspecified atom stereocenters. The summed E-state index contributed by atoms with van der Waals surface area (Å²) in [6.07, 6.45) is -1.36. The molecule has 0 saturated carbocycles.